The summed E-state index contributed by atoms with van der Waals surface area (Å²) in [5.74, 6) is 0.273. The number of fused-ring (bicyclic) bond motifs is 1. The monoisotopic (exact) mass is 418 g/mol. The van der Waals surface area contributed by atoms with Crippen molar-refractivity contribution < 1.29 is 4.79 Å². The first kappa shape index (κ1) is 20.1. The molecule has 0 unspecified atom stereocenters. The van der Waals surface area contributed by atoms with E-state index in [1.54, 1.807) is 23.0 Å². The summed E-state index contributed by atoms with van der Waals surface area (Å²) in [6.45, 7) is 6.57. The summed E-state index contributed by atoms with van der Waals surface area (Å²) in [6.07, 6.45) is 3.41. The Balaban J connectivity index is 1.60. The first-order valence-electron chi connectivity index (χ1n) is 9.91. The van der Waals surface area contributed by atoms with Crippen molar-refractivity contribution in [2.24, 2.45) is 0 Å². The summed E-state index contributed by atoms with van der Waals surface area (Å²) in [5, 5.41) is 8.02. The van der Waals surface area contributed by atoms with Gasteiger partial charge in [-0.2, -0.15) is 5.10 Å². The molecule has 0 spiro atoms. The fourth-order valence-corrected chi connectivity index (χ4v) is 3.63. The third-order valence-electron chi connectivity index (χ3n) is 5.30. The molecule has 2 aromatic carbocycles. The van der Waals surface area contributed by atoms with Crippen molar-refractivity contribution in [3.8, 4) is 11.1 Å². The molecule has 0 aliphatic carbocycles. The van der Waals surface area contributed by atoms with Gasteiger partial charge in [-0.1, -0.05) is 67.9 Å². The minimum absolute atomic E-state index is 0.208. The van der Waals surface area contributed by atoms with E-state index in [1.165, 1.54) is 5.56 Å². The molecule has 1 amide bonds. The molecular formula is C24H23ClN4O. The number of hydrogen-bond acceptors (Lipinski definition) is 3. The second-order valence-electron chi connectivity index (χ2n) is 7.60. The van der Waals surface area contributed by atoms with Crippen LogP contribution in [-0.2, 0) is 6.54 Å². The van der Waals surface area contributed by atoms with E-state index >= 15 is 0 Å². The van der Waals surface area contributed by atoms with Crippen LogP contribution in [0.1, 0.15) is 46.9 Å². The van der Waals surface area contributed by atoms with Gasteiger partial charge in [0.25, 0.3) is 5.91 Å². The second kappa shape index (κ2) is 8.28. The van der Waals surface area contributed by atoms with Crippen molar-refractivity contribution in [1.29, 1.82) is 0 Å². The maximum atomic E-state index is 12.7. The molecule has 2 aromatic heterocycles. The second-order valence-corrected chi connectivity index (χ2v) is 8.01. The zero-order valence-corrected chi connectivity index (χ0v) is 17.9. The van der Waals surface area contributed by atoms with Gasteiger partial charge in [0.1, 0.15) is 0 Å². The molecule has 6 heteroatoms. The molecule has 4 aromatic rings. The predicted octanol–water partition coefficient (Wildman–Crippen LogP) is 5.41. The third-order valence-corrected chi connectivity index (χ3v) is 5.67. The Morgan fingerprint density at radius 3 is 2.53 bits per heavy atom. The molecule has 0 fully saturated rings. The van der Waals surface area contributed by atoms with Crippen molar-refractivity contribution in [3.63, 3.8) is 0 Å². The molecular weight excluding hydrogens is 396 g/mol. The minimum Gasteiger partial charge on any atom is -0.348 e. The molecule has 5 nitrogen and oxygen atoms in total. The number of halogens is 1. The summed E-state index contributed by atoms with van der Waals surface area (Å²) in [4.78, 5) is 17.3. The first-order valence-corrected chi connectivity index (χ1v) is 10.3. The Hall–Kier alpha value is -3.18. The Labute approximate surface area is 180 Å². The van der Waals surface area contributed by atoms with Crippen molar-refractivity contribution in [2.75, 3.05) is 0 Å². The lowest BCUT2D eigenvalue weighted by atomic mass is 10.00. The van der Waals surface area contributed by atoms with Crippen molar-refractivity contribution in [2.45, 2.75) is 33.2 Å². The van der Waals surface area contributed by atoms with E-state index < -0.39 is 0 Å². The van der Waals surface area contributed by atoms with Gasteiger partial charge in [-0.05, 0) is 35.6 Å². The number of nitrogens with zero attached hydrogens (tertiary/aromatic N) is 3. The van der Waals surface area contributed by atoms with E-state index in [1.807, 2.05) is 25.1 Å². The molecule has 30 heavy (non-hydrogen) atoms. The number of aromatic nitrogens is 3. The molecule has 0 saturated carbocycles. The maximum Gasteiger partial charge on any atom is 0.254 e. The molecule has 0 aliphatic rings. The lowest BCUT2D eigenvalue weighted by Gasteiger charge is -2.10. The van der Waals surface area contributed by atoms with Crippen LogP contribution in [0.15, 0.2) is 60.9 Å². The molecule has 0 atom stereocenters. The summed E-state index contributed by atoms with van der Waals surface area (Å²) in [6, 6.07) is 15.9. The number of nitrogens with one attached hydrogen (secondary N) is 1. The Morgan fingerprint density at radius 1 is 1.10 bits per heavy atom. The van der Waals surface area contributed by atoms with Crippen LogP contribution in [0, 0.1) is 6.92 Å². The topological polar surface area (TPSA) is 59.3 Å². The van der Waals surface area contributed by atoms with E-state index in [4.69, 9.17) is 11.6 Å². The van der Waals surface area contributed by atoms with Gasteiger partial charge in [0.15, 0.2) is 5.65 Å². The minimum atomic E-state index is -0.208. The van der Waals surface area contributed by atoms with Gasteiger partial charge in [-0.3, -0.25) is 4.79 Å². The third kappa shape index (κ3) is 3.81. The van der Waals surface area contributed by atoms with Crippen LogP contribution in [0.25, 0.3) is 16.8 Å². The zero-order valence-electron chi connectivity index (χ0n) is 17.2. The van der Waals surface area contributed by atoms with Gasteiger partial charge in [0.2, 0.25) is 0 Å². The highest BCUT2D eigenvalue weighted by Crippen LogP contribution is 2.26. The standard InChI is InChI=1S/C24H23ClN4O/c1-15(2)17-8-10-18(11-9-17)21-14-28-29-16(3)20(13-26-23(21)29)24(30)27-12-19-6-4-5-7-22(19)25/h4-11,13-15H,12H2,1-3H3,(H,27,30). The quantitative estimate of drug-likeness (QED) is 0.471. The van der Waals surface area contributed by atoms with E-state index in [2.05, 4.69) is 53.5 Å². The van der Waals surface area contributed by atoms with Crippen molar-refractivity contribution in [3.05, 3.63) is 88.3 Å². The average Bonchev–Trinajstić information content (AvgIpc) is 3.18. The molecule has 0 saturated heterocycles. The number of carbonyl (C=O) groups is 1. The number of amides is 1. The van der Waals surface area contributed by atoms with Gasteiger partial charge < -0.3 is 5.32 Å². The highest BCUT2D eigenvalue weighted by molar-refractivity contribution is 6.31. The number of benzene rings is 2. The van der Waals surface area contributed by atoms with E-state index in [0.29, 0.717) is 23.0 Å². The van der Waals surface area contributed by atoms with E-state index in [9.17, 15) is 4.79 Å². The van der Waals surface area contributed by atoms with Crippen molar-refractivity contribution >= 4 is 23.2 Å². The highest BCUT2D eigenvalue weighted by Gasteiger charge is 2.16. The molecule has 0 bridgehead atoms. The van der Waals surface area contributed by atoms with Gasteiger partial charge in [0, 0.05) is 23.3 Å². The smallest absolute Gasteiger partial charge is 0.254 e. The van der Waals surface area contributed by atoms with Crippen LogP contribution in [0.5, 0.6) is 0 Å². The van der Waals surface area contributed by atoms with Crippen LogP contribution in [0.3, 0.4) is 0 Å². The summed E-state index contributed by atoms with van der Waals surface area (Å²) >= 11 is 6.17. The fourth-order valence-electron chi connectivity index (χ4n) is 3.43. The summed E-state index contributed by atoms with van der Waals surface area (Å²) in [7, 11) is 0. The van der Waals surface area contributed by atoms with Gasteiger partial charge in [0.05, 0.1) is 17.5 Å². The fraction of sp³-hybridized carbons (Fsp3) is 0.208. The predicted molar refractivity (Wildman–Crippen MR) is 120 cm³/mol. The normalized spacial score (nSPS) is 11.2. The van der Waals surface area contributed by atoms with Crippen LogP contribution >= 0.6 is 11.6 Å². The highest BCUT2D eigenvalue weighted by atomic mass is 35.5. The van der Waals surface area contributed by atoms with Gasteiger partial charge >= 0.3 is 0 Å². The van der Waals surface area contributed by atoms with E-state index in [0.717, 1.165) is 28.0 Å². The van der Waals surface area contributed by atoms with Crippen LogP contribution in [-0.4, -0.2) is 20.5 Å². The molecule has 2 heterocycles. The molecule has 152 valence electrons. The maximum absolute atomic E-state index is 12.7. The molecule has 0 radical (unpaired) electrons. The Morgan fingerprint density at radius 2 is 1.83 bits per heavy atom. The molecule has 4 rings (SSSR count). The summed E-state index contributed by atoms with van der Waals surface area (Å²) in [5.41, 5.74) is 6.10. The Bertz CT molecular complexity index is 1210. The lowest BCUT2D eigenvalue weighted by Crippen LogP contribution is -2.25. The van der Waals surface area contributed by atoms with Gasteiger partial charge in [-0.25, -0.2) is 9.50 Å². The largest absolute Gasteiger partial charge is 0.348 e. The number of hydrogen-bond donors (Lipinski definition) is 1. The zero-order chi connectivity index (χ0) is 21.3. The first-order chi connectivity index (χ1) is 14.5. The average molecular weight is 419 g/mol. The summed E-state index contributed by atoms with van der Waals surface area (Å²) < 4.78 is 1.72. The van der Waals surface area contributed by atoms with Crippen LogP contribution in [0.2, 0.25) is 5.02 Å². The molecule has 0 aliphatic heterocycles. The lowest BCUT2D eigenvalue weighted by molar-refractivity contribution is 0.0949. The number of carbonyl (C=O) groups excluding carboxylic acids is 1. The number of aryl methyl sites for hydroxylation is 1. The Kier molecular flexibility index (Phi) is 5.55. The van der Waals surface area contributed by atoms with Gasteiger partial charge in [-0.15, -0.1) is 0 Å². The van der Waals surface area contributed by atoms with Crippen LogP contribution < -0.4 is 5.32 Å². The SMILES string of the molecule is Cc1c(C(=O)NCc2ccccc2Cl)cnc2c(-c3ccc(C(C)C)cc3)cnn12. The van der Waals surface area contributed by atoms with Crippen molar-refractivity contribution in [1.82, 2.24) is 19.9 Å². The molecule has 1 N–H and O–H groups in total. The number of rotatable bonds is 5. The van der Waals surface area contributed by atoms with Crippen LogP contribution in [0.4, 0.5) is 0 Å². The van der Waals surface area contributed by atoms with E-state index in [-0.39, 0.29) is 5.91 Å².